The van der Waals surface area contributed by atoms with Gasteiger partial charge in [-0.05, 0) is 56.8 Å². The number of nitrogens with one attached hydrogen (secondary N) is 2. The van der Waals surface area contributed by atoms with Crippen molar-refractivity contribution < 1.29 is 32.7 Å². The fourth-order valence-corrected chi connectivity index (χ4v) is 7.96. The molecule has 4 fully saturated rings. The van der Waals surface area contributed by atoms with E-state index >= 15 is 4.39 Å². The highest BCUT2D eigenvalue weighted by molar-refractivity contribution is 6.30. The number of alkyl halides is 2. The van der Waals surface area contributed by atoms with Crippen LogP contribution in [0.3, 0.4) is 0 Å². The van der Waals surface area contributed by atoms with Gasteiger partial charge in [0.15, 0.2) is 17.2 Å². The number of anilines is 1. The summed E-state index contributed by atoms with van der Waals surface area (Å²) in [6.45, 7) is 3.74. The lowest BCUT2D eigenvalue weighted by Crippen LogP contribution is -2.58. The average Bonchev–Trinajstić information content (AvgIpc) is 3.70. The molecule has 4 amide bonds. The fourth-order valence-electron chi connectivity index (χ4n) is 7.82. The highest BCUT2D eigenvalue weighted by Gasteiger charge is 2.65. The van der Waals surface area contributed by atoms with Crippen molar-refractivity contribution in [3.8, 4) is 11.8 Å². The standard InChI is InChI=1S/C29H33ClF2N6O5/c1-4-19(35-26(41)28(2,3)32)24(39)37-11-17-13-5-16(18(31)6-13)21(17)22(37)25(40)38-12-29(8-15(38)9-33)27(42)36-23-20(43-29)7-14(30)10-34-23/h7,10,13,15-19,21-22H,4-6,8,11-12H2,1-3H3,(H,35,41)(H,34,36,42). The summed E-state index contributed by atoms with van der Waals surface area (Å²) in [5.41, 5.74) is -3.83. The van der Waals surface area contributed by atoms with Gasteiger partial charge in [0.05, 0.1) is 17.6 Å². The number of pyridine rings is 1. The molecule has 2 aliphatic carbocycles. The molecule has 2 saturated carbocycles. The molecule has 9 atom stereocenters. The molecule has 0 aromatic carbocycles. The largest absolute Gasteiger partial charge is 0.471 e. The van der Waals surface area contributed by atoms with Gasteiger partial charge < -0.3 is 25.2 Å². The lowest BCUT2D eigenvalue weighted by atomic mass is 9.77. The van der Waals surface area contributed by atoms with E-state index < -0.39 is 71.0 Å². The SMILES string of the molecule is CCC(NC(=O)C(C)(C)F)C(=O)N1CC2C3CC(F)C(C3)C2C1C(=O)N1CC2(CC1C#N)Oc1cc(Cl)cnc1NC2=O. The molecule has 43 heavy (non-hydrogen) atoms. The van der Waals surface area contributed by atoms with Gasteiger partial charge in [0.1, 0.15) is 24.3 Å². The minimum atomic E-state index is -2.23. The molecule has 2 bridgehead atoms. The van der Waals surface area contributed by atoms with Gasteiger partial charge in [-0.25, -0.2) is 13.8 Å². The first kappa shape index (κ1) is 29.5. The number of likely N-dealkylation sites (tertiary alicyclic amines) is 2. The van der Waals surface area contributed by atoms with Crippen molar-refractivity contribution in [3.05, 3.63) is 17.3 Å². The molecule has 14 heteroatoms. The third kappa shape index (κ3) is 4.69. The number of carbonyl (C=O) groups excluding carboxylic acids is 4. The van der Waals surface area contributed by atoms with E-state index in [-0.39, 0.29) is 54.4 Å². The molecule has 1 spiro atoms. The Morgan fingerprint density at radius 2 is 2.07 bits per heavy atom. The molecule has 4 heterocycles. The number of amides is 4. The van der Waals surface area contributed by atoms with Gasteiger partial charge >= 0.3 is 0 Å². The van der Waals surface area contributed by atoms with Gasteiger partial charge in [0.25, 0.3) is 11.8 Å². The fraction of sp³-hybridized carbons (Fsp3) is 0.655. The quantitative estimate of drug-likeness (QED) is 0.515. The summed E-state index contributed by atoms with van der Waals surface area (Å²) in [6, 6.07) is 0.286. The van der Waals surface area contributed by atoms with Crippen LogP contribution in [0.1, 0.15) is 46.5 Å². The van der Waals surface area contributed by atoms with Crippen LogP contribution in [0.5, 0.6) is 5.75 Å². The Morgan fingerprint density at radius 1 is 1.33 bits per heavy atom. The molecule has 9 unspecified atom stereocenters. The van der Waals surface area contributed by atoms with Crippen molar-refractivity contribution in [1.29, 1.82) is 5.26 Å². The first-order valence-electron chi connectivity index (χ1n) is 14.6. The minimum absolute atomic E-state index is 0.00423. The summed E-state index contributed by atoms with van der Waals surface area (Å²) in [6.07, 6.45) is 1.19. The Balaban J connectivity index is 1.32. The molecule has 1 aromatic rings. The summed E-state index contributed by atoms with van der Waals surface area (Å²) in [4.78, 5) is 60.8. The number of carbonyl (C=O) groups is 4. The van der Waals surface area contributed by atoms with Gasteiger partial charge in [-0.1, -0.05) is 18.5 Å². The van der Waals surface area contributed by atoms with Crippen molar-refractivity contribution in [2.24, 2.45) is 23.7 Å². The number of hydrogen-bond donors (Lipinski definition) is 2. The third-order valence-electron chi connectivity index (χ3n) is 9.88. The molecule has 230 valence electrons. The Labute approximate surface area is 252 Å². The lowest BCUT2D eigenvalue weighted by molar-refractivity contribution is -0.148. The van der Waals surface area contributed by atoms with Gasteiger partial charge in [0.2, 0.25) is 17.4 Å². The Morgan fingerprint density at radius 3 is 2.74 bits per heavy atom. The monoisotopic (exact) mass is 618 g/mol. The van der Waals surface area contributed by atoms with E-state index in [1.807, 2.05) is 0 Å². The maximum Gasteiger partial charge on any atom is 0.271 e. The maximum atomic E-state index is 15.1. The van der Waals surface area contributed by atoms with Crippen LogP contribution < -0.4 is 15.4 Å². The first-order valence-corrected chi connectivity index (χ1v) is 15.0. The second-order valence-electron chi connectivity index (χ2n) is 12.9. The summed E-state index contributed by atoms with van der Waals surface area (Å²) in [5, 5.41) is 15.5. The van der Waals surface area contributed by atoms with Crippen molar-refractivity contribution >= 4 is 41.0 Å². The molecular formula is C29H33ClF2N6O5. The maximum absolute atomic E-state index is 15.1. The van der Waals surface area contributed by atoms with Gasteiger partial charge in [-0.2, -0.15) is 5.26 Å². The lowest BCUT2D eigenvalue weighted by Gasteiger charge is -2.37. The summed E-state index contributed by atoms with van der Waals surface area (Å²) in [7, 11) is 0. The number of rotatable bonds is 5. The molecule has 2 saturated heterocycles. The molecule has 3 aliphatic heterocycles. The third-order valence-corrected chi connectivity index (χ3v) is 10.1. The number of aromatic nitrogens is 1. The number of nitriles is 1. The zero-order chi connectivity index (χ0) is 31.0. The number of hydrogen-bond acceptors (Lipinski definition) is 7. The van der Waals surface area contributed by atoms with Crippen LogP contribution >= 0.6 is 11.6 Å². The Kier molecular flexibility index (Phi) is 7.06. The number of fused-ring (bicyclic) bond motifs is 6. The zero-order valence-corrected chi connectivity index (χ0v) is 24.7. The molecule has 1 aromatic heterocycles. The van der Waals surface area contributed by atoms with Crippen molar-refractivity contribution in [2.75, 3.05) is 18.4 Å². The van der Waals surface area contributed by atoms with Gasteiger partial charge in [-0.3, -0.25) is 19.2 Å². The van der Waals surface area contributed by atoms with E-state index in [1.165, 1.54) is 22.1 Å². The predicted molar refractivity (Wildman–Crippen MR) is 148 cm³/mol. The Hall–Kier alpha value is -3.53. The highest BCUT2D eigenvalue weighted by atomic mass is 35.5. The second kappa shape index (κ2) is 10.3. The summed E-state index contributed by atoms with van der Waals surface area (Å²) in [5.74, 6) is -3.38. The van der Waals surface area contributed by atoms with E-state index in [4.69, 9.17) is 16.3 Å². The topological polar surface area (TPSA) is 145 Å². The van der Waals surface area contributed by atoms with E-state index in [9.17, 15) is 28.8 Å². The minimum Gasteiger partial charge on any atom is -0.471 e. The van der Waals surface area contributed by atoms with Crippen LogP contribution in [0.4, 0.5) is 14.6 Å². The van der Waals surface area contributed by atoms with Crippen LogP contribution in [0.2, 0.25) is 5.02 Å². The van der Waals surface area contributed by atoms with E-state index in [2.05, 4.69) is 21.7 Å². The second-order valence-corrected chi connectivity index (χ2v) is 13.3. The van der Waals surface area contributed by atoms with E-state index in [0.717, 1.165) is 13.8 Å². The molecular weight excluding hydrogens is 586 g/mol. The van der Waals surface area contributed by atoms with Crippen molar-refractivity contribution in [1.82, 2.24) is 20.1 Å². The summed E-state index contributed by atoms with van der Waals surface area (Å²) < 4.78 is 35.5. The predicted octanol–water partition coefficient (Wildman–Crippen LogP) is 2.39. The summed E-state index contributed by atoms with van der Waals surface area (Å²) >= 11 is 6.08. The number of nitrogens with zero attached hydrogens (tertiary/aromatic N) is 4. The first-order chi connectivity index (χ1) is 20.3. The normalized spacial score (nSPS) is 34.7. The molecule has 11 nitrogen and oxygen atoms in total. The molecule has 2 N–H and O–H groups in total. The molecule has 5 aliphatic rings. The van der Waals surface area contributed by atoms with Crippen molar-refractivity contribution in [2.45, 2.75) is 82.0 Å². The highest BCUT2D eigenvalue weighted by Crippen LogP contribution is 2.59. The van der Waals surface area contributed by atoms with Crippen LogP contribution in [0.15, 0.2) is 12.3 Å². The average molecular weight is 619 g/mol. The zero-order valence-electron chi connectivity index (χ0n) is 24.0. The number of ether oxygens (including phenoxy) is 1. The van der Waals surface area contributed by atoms with Crippen LogP contribution in [0, 0.1) is 35.0 Å². The molecule has 6 rings (SSSR count). The van der Waals surface area contributed by atoms with Crippen LogP contribution in [0.25, 0.3) is 0 Å². The number of halogens is 3. The Bertz CT molecular complexity index is 1430. The van der Waals surface area contributed by atoms with E-state index in [1.54, 1.807) is 6.92 Å². The van der Waals surface area contributed by atoms with E-state index in [0.29, 0.717) is 12.8 Å². The molecule has 0 radical (unpaired) electrons. The van der Waals surface area contributed by atoms with Gasteiger partial charge in [0, 0.05) is 25.2 Å². The van der Waals surface area contributed by atoms with Crippen LogP contribution in [-0.2, 0) is 19.2 Å². The van der Waals surface area contributed by atoms with Crippen LogP contribution in [-0.4, -0.2) is 87.1 Å². The van der Waals surface area contributed by atoms with Crippen molar-refractivity contribution in [3.63, 3.8) is 0 Å². The van der Waals surface area contributed by atoms with Gasteiger partial charge in [-0.15, -0.1) is 0 Å². The smallest absolute Gasteiger partial charge is 0.271 e.